The summed E-state index contributed by atoms with van der Waals surface area (Å²) in [5.74, 6) is -5.72. The van der Waals surface area contributed by atoms with Crippen molar-refractivity contribution in [2.45, 2.75) is 145 Å². The number of alkyl halides is 2. The van der Waals surface area contributed by atoms with E-state index >= 15 is 17.9 Å². The number of rotatable bonds is 27. The molecule has 3 amide bonds. The number of aromatic hydroxyl groups is 1. The predicted octanol–water partition coefficient (Wildman–Crippen LogP) is 14.1. The average Bonchev–Trinajstić information content (AvgIpc) is 1.63. The molecule has 3 saturated heterocycles. The first kappa shape index (κ1) is 82.9. The predicted molar refractivity (Wildman–Crippen MR) is 435 cm³/mol. The van der Waals surface area contributed by atoms with E-state index in [4.69, 9.17) is 42.8 Å². The highest BCUT2D eigenvalue weighted by molar-refractivity contribution is 8.55. The molecule has 0 saturated carbocycles. The van der Waals surface area contributed by atoms with Crippen molar-refractivity contribution >= 4 is 106 Å². The number of carbonyl (C=O) groups excluding carboxylic acids is 6. The van der Waals surface area contributed by atoms with Gasteiger partial charge in [0.15, 0.2) is 59.0 Å². The van der Waals surface area contributed by atoms with Crippen molar-refractivity contribution in [2.24, 2.45) is 23.7 Å². The van der Waals surface area contributed by atoms with Crippen molar-refractivity contribution in [3.8, 4) is 28.1 Å². The van der Waals surface area contributed by atoms with E-state index in [-0.39, 0.29) is 107 Å². The summed E-state index contributed by atoms with van der Waals surface area (Å²) < 4.78 is 119. The summed E-state index contributed by atoms with van der Waals surface area (Å²) in [6.07, 6.45) is -11.5. The molecule has 2 aliphatic carbocycles. The van der Waals surface area contributed by atoms with Crippen LogP contribution in [0, 0.1) is 23.7 Å². The van der Waals surface area contributed by atoms with Gasteiger partial charge in [0.1, 0.15) is 55.8 Å². The van der Waals surface area contributed by atoms with Crippen LogP contribution in [0.25, 0.3) is 44.6 Å². The van der Waals surface area contributed by atoms with Crippen molar-refractivity contribution in [3.05, 3.63) is 210 Å². The first-order valence-corrected chi connectivity index (χ1v) is 44.9. The number of nitrogen functional groups attached to an aromatic ring is 1. The number of ketones is 2. The van der Waals surface area contributed by atoms with Gasteiger partial charge in [-0.15, -0.1) is 0 Å². The molecule has 5 aliphatic rings. The summed E-state index contributed by atoms with van der Waals surface area (Å²) >= 11 is 1.26. The number of alkyl carbamates (subject to hydrolysis) is 1. The number of Topliss-reactive ketones (excluding diaryl/α,β-unsaturated/α-hetero) is 2. The van der Waals surface area contributed by atoms with E-state index in [9.17, 15) is 33.9 Å². The third-order valence-corrected chi connectivity index (χ3v) is 29.1. The number of fused-ring (bicyclic) bond motifs is 10. The molecule has 10 aromatic rings. The molecule has 29 nitrogen and oxygen atoms in total. The zero-order valence-electron chi connectivity index (χ0n) is 64.9. The fraction of sp³-hybridized carbons (Fsp3) is 0.373. The molecular weight excluding hydrogens is 1600 g/mol. The van der Waals surface area contributed by atoms with Gasteiger partial charge in [-0.1, -0.05) is 168 Å². The van der Waals surface area contributed by atoms with Gasteiger partial charge in [0, 0.05) is 47.8 Å². The Bertz CT molecular complexity index is 5110. The van der Waals surface area contributed by atoms with Gasteiger partial charge in [-0.2, -0.15) is 4.98 Å². The van der Waals surface area contributed by atoms with Crippen LogP contribution in [0.15, 0.2) is 171 Å². The number of carbonyl (C=O) groups is 6. The second kappa shape index (κ2) is 35.4. The first-order chi connectivity index (χ1) is 56.8. The third-order valence-electron chi connectivity index (χ3n) is 21.8. The number of nitrogens with zero attached hydrogens (tertiary/aromatic N) is 8. The molecule has 0 bridgehead atoms. The van der Waals surface area contributed by atoms with Crippen molar-refractivity contribution < 1.29 is 88.8 Å². The highest BCUT2D eigenvalue weighted by atomic mass is 32.7. The molecule has 118 heavy (non-hydrogen) atoms. The lowest BCUT2D eigenvalue weighted by Crippen LogP contribution is -2.45. The van der Waals surface area contributed by atoms with E-state index < -0.39 is 130 Å². The number of halogens is 2. The molecule has 4 aromatic heterocycles. The quantitative estimate of drug-likeness (QED) is 0.0236. The van der Waals surface area contributed by atoms with E-state index in [1.165, 1.54) is 10.9 Å². The Morgan fingerprint density at radius 3 is 1.53 bits per heavy atom. The minimum Gasteiger partial charge on any atom is -0.492 e. The topological polar surface area (TPSA) is 380 Å². The Labute approximate surface area is 684 Å². The lowest BCUT2D eigenvalue weighted by molar-refractivity contribution is -0.148. The number of nitrogens with one attached hydrogen (secondary N) is 3. The van der Waals surface area contributed by atoms with Gasteiger partial charge in [0.2, 0.25) is 17.7 Å². The fourth-order valence-corrected chi connectivity index (χ4v) is 22.2. The van der Waals surface area contributed by atoms with Gasteiger partial charge in [-0.3, -0.25) is 51.2 Å². The maximum absolute atomic E-state index is 17.8. The SMILES string of the molecule is CC(C)C(NC(=O)OCC1c2ccccc2-c2ccccc21)C(=O)C[C@@H](C)C(=O)Nc1ccc(CSP2(=O)OC[C@H]3O[C@@H](n4cnc5c(O)ncnc54)[C@H](F)[C@@H]3OP(=O)(SCc3ccc(CC(=O)[C@H](C)NC(=O)[C@@H](CC(=O)OCC4c5ccccc5-c5ccccc54)C(C)C)cc3)OC[C@H]3O[C@@H](n4cnc5c(N)ncnc54)[C@H](F)[C@@H]3O2)cc1. The van der Waals surface area contributed by atoms with Gasteiger partial charge in [-0.25, -0.2) is 47.6 Å². The molecule has 0 radical (unpaired) electrons. The summed E-state index contributed by atoms with van der Waals surface area (Å²) in [5, 5.41) is 19.0. The zero-order chi connectivity index (χ0) is 82.8. The number of nitrogens with two attached hydrogens (primary N) is 1. The molecule has 3 fully saturated rings. The lowest BCUT2D eigenvalue weighted by Gasteiger charge is -2.30. The van der Waals surface area contributed by atoms with E-state index in [1.807, 2.05) is 111 Å². The summed E-state index contributed by atoms with van der Waals surface area (Å²) in [6.45, 7) is -0.674. The Balaban J connectivity index is 0.611. The fourth-order valence-electron chi connectivity index (χ4n) is 15.4. The Kier molecular flexibility index (Phi) is 24.9. The number of aromatic nitrogens is 8. The molecule has 7 heterocycles. The summed E-state index contributed by atoms with van der Waals surface area (Å²) in [6, 6.07) is 43.0. The standard InChI is InChI=1S/C83H86F2N12O17P2S2/c1-44(2)60(33-67(100)107-34-61-56-19-11-7-15-52(56)53-16-8-12-20-57(53)61)79(102)93-47(6)63(98)32-48-23-25-49(26-24-48)38-117-115(105)109-36-65-73(68(84)81(111-65)96-42-91-71-75(86)87-40-88-76(71)96)113-116(106,110-37-66-74(114-115)69(85)82(112-66)97-43-92-72-77(97)89-41-90-80(72)103)118-39-50-27-29-51(30-28-50)94-78(101)46(5)31-64(99)70(45(3)4)95-83(104)108-35-62-58-21-13-9-17-54(58)55-18-10-14-22-59(55)62/h7-30,40-47,60-62,65-66,68-70,73-74,81-82H,31-39H2,1-6H3,(H,93,102)(H,94,101)(H,95,104)(H2,86,87,88)(H,89,90,103)/t46-,47+,60+,65-,66-,68-,69-,70?,73-,74-,81-,82-,115?,116?/m1/s1. The molecule has 14 atom stereocenters. The number of hydrogen-bond acceptors (Lipinski definition) is 26. The van der Waals surface area contributed by atoms with Crippen LogP contribution in [0.2, 0.25) is 0 Å². The number of benzene rings is 6. The largest absolute Gasteiger partial charge is 0.492 e. The van der Waals surface area contributed by atoms with Crippen LogP contribution in [0.5, 0.6) is 5.88 Å². The second-order valence-corrected chi connectivity index (χ2v) is 38.5. The maximum Gasteiger partial charge on any atom is 0.407 e. The van der Waals surface area contributed by atoms with Gasteiger partial charge in [0.25, 0.3) is 0 Å². The molecule has 3 unspecified atom stereocenters. The second-order valence-electron chi connectivity index (χ2n) is 30.4. The normalized spacial score (nSPS) is 23.3. The molecule has 6 aromatic carbocycles. The van der Waals surface area contributed by atoms with E-state index in [1.54, 1.807) is 76.2 Å². The number of amides is 3. The first-order valence-electron chi connectivity index (χ1n) is 38.6. The number of ether oxygens (including phenoxy) is 4. The number of imidazole rings is 2. The molecular formula is C83H86F2N12O17P2S2. The van der Waals surface area contributed by atoms with Crippen molar-refractivity contribution in [1.82, 2.24) is 49.7 Å². The molecule has 6 N–H and O–H groups in total. The Hall–Kier alpha value is -10.2. The van der Waals surface area contributed by atoms with Crippen LogP contribution in [0.4, 0.5) is 25.1 Å². The van der Waals surface area contributed by atoms with Crippen molar-refractivity contribution in [3.63, 3.8) is 0 Å². The van der Waals surface area contributed by atoms with E-state index in [2.05, 4.69) is 45.9 Å². The minimum atomic E-state index is -4.78. The Morgan fingerprint density at radius 1 is 0.559 bits per heavy atom. The highest BCUT2D eigenvalue weighted by Crippen LogP contribution is 2.67. The monoisotopic (exact) mass is 1690 g/mol. The van der Waals surface area contributed by atoms with E-state index in [0.717, 1.165) is 68.1 Å². The van der Waals surface area contributed by atoms with Gasteiger partial charge in [-0.05, 0) is 115 Å². The molecule has 35 heteroatoms. The van der Waals surface area contributed by atoms with Crippen molar-refractivity contribution in [2.75, 3.05) is 37.5 Å². The van der Waals surface area contributed by atoms with Crippen LogP contribution in [0.1, 0.15) is 118 Å². The van der Waals surface area contributed by atoms with Crippen LogP contribution in [-0.2, 0) is 88.1 Å². The highest BCUT2D eigenvalue weighted by Gasteiger charge is 2.56. The Morgan fingerprint density at radius 2 is 1.03 bits per heavy atom. The van der Waals surface area contributed by atoms with Gasteiger partial charge in [0.05, 0.1) is 50.3 Å². The maximum atomic E-state index is 17.8. The number of esters is 1. The van der Waals surface area contributed by atoms with Crippen molar-refractivity contribution in [1.29, 1.82) is 0 Å². The third kappa shape index (κ3) is 17.8. The molecule has 616 valence electrons. The van der Waals surface area contributed by atoms with E-state index in [0.29, 0.717) is 45.1 Å². The number of anilines is 2. The molecule has 0 spiro atoms. The van der Waals surface area contributed by atoms with Crippen LogP contribution < -0.4 is 21.7 Å². The summed E-state index contributed by atoms with van der Waals surface area (Å²) in [4.78, 5) is 107. The number of hydrogen-bond donors (Lipinski definition) is 5. The van der Waals surface area contributed by atoms with Crippen LogP contribution in [-0.4, -0.2) is 155 Å². The summed E-state index contributed by atoms with van der Waals surface area (Å²) in [7, 11) is 0. The van der Waals surface area contributed by atoms with Gasteiger partial charge < -0.3 is 45.7 Å². The molecule has 15 rings (SSSR count). The smallest absolute Gasteiger partial charge is 0.407 e. The lowest BCUT2D eigenvalue weighted by atomic mass is 9.91. The summed E-state index contributed by atoms with van der Waals surface area (Å²) in [5.41, 5.74) is 16.5. The van der Waals surface area contributed by atoms with Crippen LogP contribution in [0.3, 0.4) is 0 Å². The minimum absolute atomic E-state index is 0.0290. The van der Waals surface area contributed by atoms with Gasteiger partial charge >= 0.3 is 25.7 Å². The van der Waals surface area contributed by atoms with Crippen LogP contribution >= 0.6 is 36.4 Å². The zero-order valence-corrected chi connectivity index (χ0v) is 68.3. The molecule has 3 aliphatic heterocycles. The average molecular weight is 1690 g/mol.